The van der Waals surface area contributed by atoms with Crippen LogP contribution >= 0.6 is 11.8 Å². The second-order valence-electron chi connectivity index (χ2n) is 7.71. The lowest BCUT2D eigenvalue weighted by atomic mass is 9.95. The largest absolute Gasteiger partial charge is 0.466 e. The molecule has 0 radical (unpaired) electrons. The summed E-state index contributed by atoms with van der Waals surface area (Å²) >= 11 is 1.21. The molecule has 0 unspecified atom stereocenters. The predicted octanol–water partition coefficient (Wildman–Crippen LogP) is 2.68. The van der Waals surface area contributed by atoms with Gasteiger partial charge >= 0.3 is 18.0 Å². The maximum absolute atomic E-state index is 13.1. The van der Waals surface area contributed by atoms with Crippen molar-refractivity contribution < 1.29 is 23.9 Å². The number of hydrogen-bond donors (Lipinski definition) is 2. The van der Waals surface area contributed by atoms with Crippen molar-refractivity contribution in [3.8, 4) is 0 Å². The number of nitrogens with two attached hydrogens (primary N) is 1. The van der Waals surface area contributed by atoms with Crippen molar-refractivity contribution in [2.45, 2.75) is 37.0 Å². The number of thioether (sulfide) groups is 1. The highest BCUT2D eigenvalue weighted by atomic mass is 32.2. The fourth-order valence-corrected chi connectivity index (χ4v) is 4.59. The van der Waals surface area contributed by atoms with Crippen LogP contribution in [0.2, 0.25) is 0 Å². The number of ether oxygens (including phenoxy) is 2. The lowest BCUT2D eigenvalue weighted by Crippen LogP contribution is -2.50. The van der Waals surface area contributed by atoms with Crippen molar-refractivity contribution in [2.75, 3.05) is 25.2 Å². The third-order valence-corrected chi connectivity index (χ3v) is 6.33. The molecule has 10 nitrogen and oxygen atoms in total. The van der Waals surface area contributed by atoms with Gasteiger partial charge in [-0.25, -0.2) is 24.4 Å². The number of anilines is 1. The summed E-state index contributed by atoms with van der Waals surface area (Å²) < 4.78 is 10.1. The fraction of sp³-hybridized carbons (Fsp3) is 0.348. The molecule has 1 atom stereocenters. The van der Waals surface area contributed by atoms with Crippen molar-refractivity contribution in [1.82, 2.24) is 20.2 Å². The number of nitrogens with one attached hydrogen (secondary N) is 1. The number of benzene rings is 1. The van der Waals surface area contributed by atoms with E-state index in [1.165, 1.54) is 25.1 Å². The van der Waals surface area contributed by atoms with E-state index in [2.05, 4.69) is 15.3 Å². The Balaban J connectivity index is 1.68. The lowest BCUT2D eigenvalue weighted by Gasteiger charge is -2.36. The van der Waals surface area contributed by atoms with Gasteiger partial charge in [-0.3, -0.25) is 4.90 Å². The number of nitrogen functional groups attached to an aromatic ring is 1. The average molecular weight is 484 g/mol. The standard InChI is InChI=1S/C23H25N5O5S/c1-3-33-20(29)15-11-25-22(27-19(15)24)34-12-16-17(21(30)32-2)18(13-7-5-4-6-8-13)26-23(31)28(16)14-9-10-14/h4-8,11,14,18H,3,9-10,12H2,1-2H3,(H,26,31)(H2,24,25,27)/t18-/m0/s1. The Bertz CT molecular complexity index is 1140. The maximum Gasteiger partial charge on any atom is 0.343 e. The first kappa shape index (κ1) is 23.6. The van der Waals surface area contributed by atoms with Crippen LogP contribution in [0.3, 0.4) is 0 Å². The van der Waals surface area contributed by atoms with Gasteiger partial charge in [0.2, 0.25) is 0 Å². The van der Waals surface area contributed by atoms with Gasteiger partial charge in [-0.05, 0) is 25.3 Å². The van der Waals surface area contributed by atoms with Gasteiger partial charge in [0.25, 0.3) is 0 Å². The number of amides is 2. The summed E-state index contributed by atoms with van der Waals surface area (Å²) in [5.74, 6) is -0.883. The van der Waals surface area contributed by atoms with Gasteiger partial charge in [-0.2, -0.15) is 0 Å². The topological polar surface area (TPSA) is 137 Å². The Hall–Kier alpha value is -3.60. The summed E-state index contributed by atoms with van der Waals surface area (Å²) in [5.41, 5.74) is 7.71. The minimum absolute atomic E-state index is 0.000666. The highest BCUT2D eigenvalue weighted by Gasteiger charge is 2.44. The van der Waals surface area contributed by atoms with Crippen LogP contribution < -0.4 is 11.1 Å². The van der Waals surface area contributed by atoms with Crippen molar-refractivity contribution in [1.29, 1.82) is 0 Å². The molecule has 11 heteroatoms. The number of esters is 2. The SMILES string of the molecule is CCOC(=O)c1cnc(SCC2=C(C(=O)OC)[C@H](c3ccccc3)NC(=O)N2C2CC2)nc1N. The van der Waals surface area contributed by atoms with Gasteiger partial charge in [-0.1, -0.05) is 42.1 Å². The van der Waals surface area contributed by atoms with Crippen LogP contribution in [-0.4, -0.2) is 58.3 Å². The molecule has 2 aromatic rings. The first-order valence-electron chi connectivity index (χ1n) is 10.8. The van der Waals surface area contributed by atoms with Crippen LogP contribution in [0.1, 0.15) is 41.7 Å². The molecular weight excluding hydrogens is 458 g/mol. The Kier molecular flexibility index (Phi) is 7.01. The van der Waals surface area contributed by atoms with E-state index in [0.717, 1.165) is 18.4 Å². The predicted molar refractivity (Wildman–Crippen MR) is 125 cm³/mol. The summed E-state index contributed by atoms with van der Waals surface area (Å²) in [6, 6.07) is 8.36. The first-order valence-corrected chi connectivity index (χ1v) is 11.8. The van der Waals surface area contributed by atoms with E-state index in [0.29, 0.717) is 16.4 Å². The van der Waals surface area contributed by atoms with Crippen LogP contribution in [0.15, 0.2) is 53.0 Å². The molecule has 1 aromatic heterocycles. The van der Waals surface area contributed by atoms with Gasteiger partial charge in [0.15, 0.2) is 5.16 Å². The molecule has 1 aromatic carbocycles. The summed E-state index contributed by atoms with van der Waals surface area (Å²) in [6.45, 7) is 1.90. The highest BCUT2D eigenvalue weighted by molar-refractivity contribution is 7.99. The van der Waals surface area contributed by atoms with Crippen LogP contribution in [0.5, 0.6) is 0 Å². The van der Waals surface area contributed by atoms with E-state index in [-0.39, 0.29) is 35.8 Å². The van der Waals surface area contributed by atoms with E-state index in [9.17, 15) is 14.4 Å². The molecule has 1 saturated carbocycles. The van der Waals surface area contributed by atoms with Crippen LogP contribution in [0, 0.1) is 0 Å². The normalized spacial score (nSPS) is 17.9. The van der Waals surface area contributed by atoms with Crippen LogP contribution in [0.4, 0.5) is 10.6 Å². The molecule has 178 valence electrons. The zero-order valence-electron chi connectivity index (χ0n) is 18.8. The third-order valence-electron chi connectivity index (χ3n) is 5.46. The molecule has 0 spiro atoms. The molecule has 4 rings (SSSR count). The second-order valence-corrected chi connectivity index (χ2v) is 8.65. The quantitative estimate of drug-likeness (QED) is 0.330. The summed E-state index contributed by atoms with van der Waals surface area (Å²) in [7, 11) is 1.32. The number of carbonyl (C=O) groups is 3. The molecule has 0 bridgehead atoms. The van der Waals surface area contributed by atoms with Crippen LogP contribution in [-0.2, 0) is 14.3 Å². The van der Waals surface area contributed by atoms with Gasteiger partial charge < -0.3 is 20.5 Å². The number of hydrogen-bond acceptors (Lipinski definition) is 9. The number of aromatic nitrogens is 2. The molecule has 34 heavy (non-hydrogen) atoms. The van der Waals surface area contributed by atoms with Gasteiger partial charge in [0, 0.05) is 23.7 Å². The number of rotatable bonds is 8. The van der Waals surface area contributed by atoms with E-state index >= 15 is 0 Å². The molecule has 1 aliphatic carbocycles. The first-order chi connectivity index (χ1) is 16.4. The van der Waals surface area contributed by atoms with Crippen LogP contribution in [0.25, 0.3) is 0 Å². The molecule has 2 aliphatic rings. The molecule has 3 N–H and O–H groups in total. The van der Waals surface area contributed by atoms with E-state index in [4.69, 9.17) is 15.2 Å². The summed E-state index contributed by atoms with van der Waals surface area (Å²) in [5, 5.41) is 3.26. The number of nitrogens with zero attached hydrogens (tertiary/aromatic N) is 3. The Labute approximate surface area is 200 Å². The smallest absolute Gasteiger partial charge is 0.343 e. The summed E-state index contributed by atoms with van der Waals surface area (Å²) in [6.07, 6.45) is 3.02. The van der Waals surface area contributed by atoms with Crippen molar-refractivity contribution in [3.05, 3.63) is 58.9 Å². The molecular formula is C23H25N5O5S. The molecule has 2 amide bonds. The second kappa shape index (κ2) is 10.1. The van der Waals surface area contributed by atoms with Gasteiger partial charge in [0.05, 0.1) is 25.3 Å². The maximum atomic E-state index is 13.1. The highest BCUT2D eigenvalue weighted by Crippen LogP contribution is 2.39. The minimum Gasteiger partial charge on any atom is -0.466 e. The van der Waals surface area contributed by atoms with E-state index < -0.39 is 18.0 Å². The minimum atomic E-state index is -0.649. The molecule has 1 fully saturated rings. The van der Waals surface area contributed by atoms with Crippen molar-refractivity contribution >= 4 is 35.5 Å². The number of carbonyl (C=O) groups excluding carboxylic acids is 3. The number of methoxy groups -OCH3 is 1. The zero-order valence-corrected chi connectivity index (χ0v) is 19.6. The Morgan fingerprint density at radius 3 is 2.59 bits per heavy atom. The lowest BCUT2D eigenvalue weighted by molar-refractivity contribution is -0.136. The Morgan fingerprint density at radius 1 is 1.24 bits per heavy atom. The monoisotopic (exact) mass is 483 g/mol. The molecule has 2 heterocycles. The summed E-state index contributed by atoms with van der Waals surface area (Å²) in [4.78, 5) is 48.0. The molecule has 1 aliphatic heterocycles. The van der Waals surface area contributed by atoms with E-state index in [1.54, 1.807) is 11.8 Å². The zero-order chi connectivity index (χ0) is 24.2. The van der Waals surface area contributed by atoms with E-state index in [1.807, 2.05) is 30.3 Å². The van der Waals surface area contributed by atoms with Gasteiger partial charge in [-0.15, -0.1) is 0 Å². The third kappa shape index (κ3) is 4.84. The van der Waals surface area contributed by atoms with Crippen molar-refractivity contribution in [2.24, 2.45) is 0 Å². The fourth-order valence-electron chi connectivity index (χ4n) is 3.74. The average Bonchev–Trinajstić information content (AvgIpc) is 3.67. The Morgan fingerprint density at radius 2 is 1.97 bits per heavy atom. The number of urea groups is 1. The van der Waals surface area contributed by atoms with Crippen molar-refractivity contribution in [3.63, 3.8) is 0 Å². The van der Waals surface area contributed by atoms with Gasteiger partial charge in [0.1, 0.15) is 11.4 Å². The molecule has 0 saturated heterocycles.